The van der Waals surface area contributed by atoms with Gasteiger partial charge in [-0.15, -0.1) is 0 Å². The molecule has 3 aromatic rings. The number of esters is 1. The second kappa shape index (κ2) is 10.2. The lowest BCUT2D eigenvalue weighted by atomic mass is 9.82. The molecule has 0 spiro atoms. The Morgan fingerprint density at radius 1 is 0.939 bits per heavy atom. The second-order valence-electron chi connectivity index (χ2n) is 8.41. The lowest BCUT2D eigenvalue weighted by molar-refractivity contribution is -0.148. The molecule has 0 amide bonds. The Kier molecular flexibility index (Phi) is 7.56. The number of aryl methyl sites for hydroxylation is 1. The summed E-state index contributed by atoms with van der Waals surface area (Å²) in [4.78, 5) is 12.5. The quantitative estimate of drug-likeness (QED) is 0.368. The summed E-state index contributed by atoms with van der Waals surface area (Å²) >= 11 is 0. The van der Waals surface area contributed by atoms with Crippen LogP contribution in [0.4, 0.5) is 0 Å². The lowest BCUT2D eigenvalue weighted by Gasteiger charge is -2.30. The summed E-state index contributed by atoms with van der Waals surface area (Å²) < 4.78 is 35.8. The van der Waals surface area contributed by atoms with Gasteiger partial charge in [-0.2, -0.15) is 8.42 Å². The van der Waals surface area contributed by atoms with Crippen molar-refractivity contribution < 1.29 is 22.1 Å². The van der Waals surface area contributed by atoms with Crippen LogP contribution in [0.15, 0.2) is 83.8 Å². The highest BCUT2D eigenvalue weighted by atomic mass is 32.2. The Hall–Kier alpha value is -3.16. The predicted molar refractivity (Wildman–Crippen MR) is 127 cm³/mol. The molecule has 33 heavy (non-hydrogen) atoms. The zero-order valence-corrected chi connectivity index (χ0v) is 19.8. The highest BCUT2D eigenvalue weighted by Gasteiger charge is 2.32. The molecule has 2 N–H and O–H groups in total. The maximum absolute atomic E-state index is 12.6. The number of rotatable bonds is 9. The van der Waals surface area contributed by atoms with Gasteiger partial charge in [0.15, 0.2) is 0 Å². The first-order valence-corrected chi connectivity index (χ1v) is 12.1. The number of carbonyl (C=O) groups excluding carboxylic acids is 1. The summed E-state index contributed by atoms with van der Waals surface area (Å²) in [5.74, 6) is -0.239. The molecule has 0 aliphatic heterocycles. The van der Waals surface area contributed by atoms with Gasteiger partial charge in [-0.25, -0.2) is 0 Å². The van der Waals surface area contributed by atoms with Crippen molar-refractivity contribution in [1.82, 2.24) is 0 Å². The van der Waals surface area contributed by atoms with Gasteiger partial charge in [-0.05, 0) is 62.6 Å². The van der Waals surface area contributed by atoms with E-state index in [9.17, 15) is 13.2 Å². The molecule has 3 aromatic carbocycles. The minimum atomic E-state index is -3.96. The molecule has 0 heterocycles. The fourth-order valence-electron chi connectivity index (χ4n) is 3.51. The van der Waals surface area contributed by atoms with Crippen molar-refractivity contribution in [3.8, 4) is 5.75 Å². The Morgan fingerprint density at radius 2 is 1.55 bits per heavy atom. The first kappa shape index (κ1) is 24.5. The largest absolute Gasteiger partial charge is 0.463 e. The van der Waals surface area contributed by atoms with Gasteiger partial charge in [0.2, 0.25) is 0 Å². The number of benzene rings is 3. The predicted octanol–water partition coefficient (Wildman–Crippen LogP) is 4.50. The number of carbonyl (C=O) groups is 1. The third-order valence-electron chi connectivity index (χ3n) is 5.13. The fourth-order valence-corrected chi connectivity index (χ4v) is 4.44. The van der Waals surface area contributed by atoms with Gasteiger partial charge in [0, 0.05) is 0 Å². The fraction of sp³-hybridized carbons (Fsp3) is 0.269. The Morgan fingerprint density at radius 3 is 2.12 bits per heavy atom. The van der Waals surface area contributed by atoms with Crippen LogP contribution >= 0.6 is 0 Å². The topological polar surface area (TPSA) is 95.7 Å². The van der Waals surface area contributed by atoms with Crippen LogP contribution in [0.25, 0.3) is 0 Å². The van der Waals surface area contributed by atoms with Crippen molar-refractivity contribution in [3.63, 3.8) is 0 Å². The molecule has 0 aliphatic rings. The summed E-state index contributed by atoms with van der Waals surface area (Å²) in [6, 6.07) is 22.5. The van der Waals surface area contributed by atoms with Crippen LogP contribution in [0.5, 0.6) is 5.75 Å². The van der Waals surface area contributed by atoms with Crippen LogP contribution in [0.2, 0.25) is 0 Å². The van der Waals surface area contributed by atoms with Crippen LogP contribution in [0, 0.1) is 6.92 Å². The lowest BCUT2D eigenvalue weighted by Crippen LogP contribution is -2.42. The molecule has 0 fully saturated rings. The van der Waals surface area contributed by atoms with E-state index in [1.165, 1.54) is 12.1 Å². The highest BCUT2D eigenvalue weighted by Crippen LogP contribution is 2.30. The van der Waals surface area contributed by atoms with Crippen LogP contribution in [0.3, 0.4) is 0 Å². The molecular formula is C26H29NO5S. The van der Waals surface area contributed by atoms with Crippen molar-refractivity contribution in [2.24, 2.45) is 5.73 Å². The summed E-state index contributed by atoms with van der Waals surface area (Å²) in [7, 11) is -3.96. The van der Waals surface area contributed by atoms with E-state index in [0.29, 0.717) is 12.0 Å². The summed E-state index contributed by atoms with van der Waals surface area (Å²) in [6.45, 7) is 5.45. The minimum absolute atomic E-state index is 0.0259. The normalized spacial score (nSPS) is 13.4. The molecule has 6 nitrogen and oxygen atoms in total. The standard InChI is InChI=1S/C26H29NO5S/c1-19(2)31-25(28)18-26(27,17-21-7-5-4-6-8-21)22-11-13-23(14-12-22)32-33(29,30)24-15-9-20(3)10-16-24/h4-16,19H,17-18,27H2,1-3H3. The average molecular weight is 468 g/mol. The smallest absolute Gasteiger partial charge is 0.339 e. The summed E-state index contributed by atoms with van der Waals surface area (Å²) in [5.41, 5.74) is 8.31. The van der Waals surface area contributed by atoms with Gasteiger partial charge in [-0.1, -0.05) is 60.2 Å². The number of hydrogen-bond acceptors (Lipinski definition) is 6. The van der Waals surface area contributed by atoms with E-state index in [1.54, 1.807) is 50.2 Å². The Bertz CT molecular complexity index is 1170. The molecule has 3 rings (SSSR count). The molecule has 1 atom stereocenters. The highest BCUT2D eigenvalue weighted by molar-refractivity contribution is 7.87. The van der Waals surface area contributed by atoms with Crippen LogP contribution < -0.4 is 9.92 Å². The number of nitrogens with two attached hydrogens (primary N) is 1. The minimum Gasteiger partial charge on any atom is -0.463 e. The van der Waals surface area contributed by atoms with E-state index in [0.717, 1.165) is 11.1 Å². The van der Waals surface area contributed by atoms with Crippen molar-refractivity contribution in [2.45, 2.75) is 50.2 Å². The van der Waals surface area contributed by atoms with Crippen LogP contribution in [-0.4, -0.2) is 20.5 Å². The van der Waals surface area contributed by atoms with E-state index in [-0.39, 0.29) is 23.2 Å². The van der Waals surface area contributed by atoms with E-state index < -0.39 is 21.6 Å². The maximum atomic E-state index is 12.6. The van der Waals surface area contributed by atoms with Gasteiger partial charge >= 0.3 is 16.1 Å². The molecule has 0 radical (unpaired) electrons. The Labute approximate surface area is 195 Å². The van der Waals surface area contributed by atoms with Crippen molar-refractivity contribution in [3.05, 3.63) is 95.6 Å². The van der Waals surface area contributed by atoms with Crippen molar-refractivity contribution in [1.29, 1.82) is 0 Å². The van der Waals surface area contributed by atoms with E-state index in [2.05, 4.69) is 0 Å². The molecule has 7 heteroatoms. The molecule has 0 saturated carbocycles. The van der Waals surface area contributed by atoms with E-state index in [4.69, 9.17) is 14.7 Å². The van der Waals surface area contributed by atoms with Gasteiger partial charge < -0.3 is 14.7 Å². The molecular weight excluding hydrogens is 438 g/mol. The monoisotopic (exact) mass is 467 g/mol. The first-order chi connectivity index (χ1) is 15.6. The maximum Gasteiger partial charge on any atom is 0.339 e. The molecule has 0 aliphatic carbocycles. The van der Waals surface area contributed by atoms with Crippen molar-refractivity contribution >= 4 is 16.1 Å². The Balaban J connectivity index is 1.85. The number of ether oxygens (including phenoxy) is 1. The first-order valence-electron chi connectivity index (χ1n) is 10.7. The zero-order chi connectivity index (χ0) is 24.1. The zero-order valence-electron chi connectivity index (χ0n) is 19.0. The van der Waals surface area contributed by atoms with Gasteiger partial charge in [0.25, 0.3) is 0 Å². The van der Waals surface area contributed by atoms with Gasteiger partial charge in [-0.3, -0.25) is 4.79 Å². The van der Waals surface area contributed by atoms with E-state index in [1.807, 2.05) is 37.3 Å². The SMILES string of the molecule is Cc1ccc(S(=O)(=O)Oc2ccc(C(N)(CC(=O)OC(C)C)Cc3ccccc3)cc2)cc1. The molecule has 174 valence electrons. The molecule has 0 aromatic heterocycles. The van der Waals surface area contributed by atoms with Crippen molar-refractivity contribution in [2.75, 3.05) is 0 Å². The van der Waals surface area contributed by atoms with Crippen LogP contribution in [-0.2, 0) is 31.6 Å². The second-order valence-corrected chi connectivity index (χ2v) is 9.96. The summed E-state index contributed by atoms with van der Waals surface area (Å²) in [6.07, 6.45) is 0.131. The summed E-state index contributed by atoms with van der Waals surface area (Å²) in [5, 5.41) is 0. The third-order valence-corrected chi connectivity index (χ3v) is 6.40. The van der Waals surface area contributed by atoms with Crippen LogP contribution in [0.1, 0.15) is 37.0 Å². The van der Waals surface area contributed by atoms with E-state index >= 15 is 0 Å². The average Bonchev–Trinajstić information content (AvgIpc) is 2.74. The van der Waals surface area contributed by atoms with Gasteiger partial charge in [0.05, 0.1) is 18.1 Å². The van der Waals surface area contributed by atoms with Gasteiger partial charge in [0.1, 0.15) is 10.6 Å². The third kappa shape index (κ3) is 6.66. The molecule has 0 bridgehead atoms. The molecule has 0 saturated heterocycles. The number of hydrogen-bond donors (Lipinski definition) is 1. The molecule has 1 unspecified atom stereocenters.